The van der Waals surface area contributed by atoms with Crippen molar-refractivity contribution in [2.75, 3.05) is 6.54 Å². The molecule has 1 aromatic heterocycles. The van der Waals surface area contributed by atoms with Crippen LogP contribution in [0.1, 0.15) is 65.3 Å². The van der Waals surface area contributed by atoms with Crippen molar-refractivity contribution in [3.05, 3.63) is 17.5 Å². The van der Waals surface area contributed by atoms with E-state index in [1.54, 1.807) is 0 Å². The lowest BCUT2D eigenvalue weighted by atomic mass is 9.95. The number of hydrogen-bond donors (Lipinski definition) is 1. The standard InChI is InChI=1S/C17H31N3O/c1-12(2)9-18-10-14-11-20(19-13(14)3)15-8-16(4,5)21-17(15,6)7/h11-12,15,18H,8-10H2,1-7H3. The van der Waals surface area contributed by atoms with Gasteiger partial charge in [0.25, 0.3) is 0 Å². The number of aryl methyl sites for hydroxylation is 1. The molecule has 0 saturated carbocycles. The summed E-state index contributed by atoms with van der Waals surface area (Å²) in [5.74, 6) is 0.670. The molecule has 1 N–H and O–H groups in total. The average molecular weight is 293 g/mol. The number of ether oxygens (including phenoxy) is 1. The zero-order valence-corrected chi connectivity index (χ0v) is 14.7. The zero-order chi connectivity index (χ0) is 15.8. The summed E-state index contributed by atoms with van der Waals surface area (Å²) in [6.45, 7) is 17.1. The molecule has 1 unspecified atom stereocenters. The van der Waals surface area contributed by atoms with Gasteiger partial charge in [0.15, 0.2) is 0 Å². The van der Waals surface area contributed by atoms with E-state index >= 15 is 0 Å². The molecule has 4 nitrogen and oxygen atoms in total. The van der Waals surface area contributed by atoms with E-state index in [2.05, 4.69) is 64.7 Å². The average Bonchev–Trinajstić information content (AvgIpc) is 2.75. The maximum atomic E-state index is 6.19. The predicted octanol–water partition coefficient (Wildman–Crippen LogP) is 3.46. The molecular weight excluding hydrogens is 262 g/mol. The van der Waals surface area contributed by atoms with Crippen LogP contribution < -0.4 is 5.32 Å². The largest absolute Gasteiger partial charge is 0.367 e. The van der Waals surface area contributed by atoms with Gasteiger partial charge in [-0.25, -0.2) is 0 Å². The second kappa shape index (κ2) is 5.73. The van der Waals surface area contributed by atoms with E-state index in [-0.39, 0.29) is 11.2 Å². The molecule has 2 rings (SSSR count). The van der Waals surface area contributed by atoms with Crippen LogP contribution in [0, 0.1) is 12.8 Å². The first-order valence-electron chi connectivity index (χ1n) is 8.06. The van der Waals surface area contributed by atoms with Gasteiger partial charge in [-0.2, -0.15) is 5.10 Å². The minimum absolute atomic E-state index is 0.0793. The van der Waals surface area contributed by atoms with Crippen LogP contribution in [-0.4, -0.2) is 27.5 Å². The maximum absolute atomic E-state index is 6.19. The molecule has 4 heteroatoms. The van der Waals surface area contributed by atoms with E-state index in [0.717, 1.165) is 25.2 Å². The van der Waals surface area contributed by atoms with Gasteiger partial charge in [-0.05, 0) is 47.1 Å². The van der Waals surface area contributed by atoms with Crippen molar-refractivity contribution in [2.45, 2.75) is 78.7 Å². The smallest absolute Gasteiger partial charge is 0.0857 e. The quantitative estimate of drug-likeness (QED) is 0.903. The Morgan fingerprint density at radius 2 is 2.05 bits per heavy atom. The van der Waals surface area contributed by atoms with Gasteiger partial charge in [-0.15, -0.1) is 0 Å². The topological polar surface area (TPSA) is 39.1 Å². The Hall–Kier alpha value is -0.870. The molecule has 1 aliphatic heterocycles. The highest BCUT2D eigenvalue weighted by Gasteiger charge is 2.47. The third kappa shape index (κ3) is 3.86. The predicted molar refractivity (Wildman–Crippen MR) is 86.4 cm³/mol. The normalized spacial score (nSPS) is 23.9. The number of nitrogens with one attached hydrogen (secondary N) is 1. The molecule has 1 fully saturated rings. The Morgan fingerprint density at radius 1 is 1.38 bits per heavy atom. The van der Waals surface area contributed by atoms with Gasteiger partial charge in [0, 0.05) is 24.7 Å². The van der Waals surface area contributed by atoms with Crippen LogP contribution >= 0.6 is 0 Å². The number of hydrogen-bond acceptors (Lipinski definition) is 3. The molecule has 21 heavy (non-hydrogen) atoms. The first-order valence-corrected chi connectivity index (χ1v) is 8.06. The highest BCUT2D eigenvalue weighted by Crippen LogP contribution is 2.44. The lowest BCUT2D eigenvalue weighted by molar-refractivity contribution is -0.0737. The van der Waals surface area contributed by atoms with E-state index in [4.69, 9.17) is 9.84 Å². The third-order valence-electron chi connectivity index (χ3n) is 4.23. The van der Waals surface area contributed by atoms with Gasteiger partial charge in [-0.1, -0.05) is 13.8 Å². The van der Waals surface area contributed by atoms with E-state index in [9.17, 15) is 0 Å². The van der Waals surface area contributed by atoms with Gasteiger partial charge in [-0.3, -0.25) is 4.68 Å². The Kier molecular flexibility index (Phi) is 4.50. The number of aromatic nitrogens is 2. The SMILES string of the molecule is Cc1nn(C2CC(C)(C)OC2(C)C)cc1CNCC(C)C. The molecule has 0 aromatic carbocycles. The Labute approximate surface area is 129 Å². The van der Waals surface area contributed by atoms with Crippen molar-refractivity contribution >= 4 is 0 Å². The summed E-state index contributed by atoms with van der Waals surface area (Å²) in [4.78, 5) is 0. The Balaban J connectivity index is 2.11. The number of rotatable bonds is 5. The summed E-state index contributed by atoms with van der Waals surface area (Å²) in [6.07, 6.45) is 3.19. The fraction of sp³-hybridized carbons (Fsp3) is 0.824. The first kappa shape index (κ1) is 16.5. The fourth-order valence-electron chi connectivity index (χ4n) is 3.29. The molecule has 1 aliphatic rings. The van der Waals surface area contributed by atoms with Crippen molar-refractivity contribution in [3.63, 3.8) is 0 Å². The van der Waals surface area contributed by atoms with Crippen LogP contribution in [0.15, 0.2) is 6.20 Å². The van der Waals surface area contributed by atoms with Crippen LogP contribution in [-0.2, 0) is 11.3 Å². The summed E-state index contributed by atoms with van der Waals surface area (Å²) < 4.78 is 8.31. The second-order valence-electron chi connectivity index (χ2n) is 7.93. The minimum atomic E-state index is -0.176. The van der Waals surface area contributed by atoms with Crippen molar-refractivity contribution < 1.29 is 4.74 Å². The Morgan fingerprint density at radius 3 is 2.57 bits per heavy atom. The molecule has 120 valence electrons. The van der Waals surface area contributed by atoms with E-state index in [1.165, 1.54) is 5.56 Å². The summed E-state index contributed by atoms with van der Waals surface area (Å²) in [7, 11) is 0. The molecular formula is C17H31N3O. The molecule has 0 bridgehead atoms. The maximum Gasteiger partial charge on any atom is 0.0857 e. The van der Waals surface area contributed by atoms with Crippen molar-refractivity contribution in [3.8, 4) is 0 Å². The van der Waals surface area contributed by atoms with Gasteiger partial charge >= 0.3 is 0 Å². The van der Waals surface area contributed by atoms with Gasteiger partial charge in [0.1, 0.15) is 0 Å². The lowest BCUT2D eigenvalue weighted by Crippen LogP contribution is -2.31. The third-order valence-corrected chi connectivity index (χ3v) is 4.23. The van der Waals surface area contributed by atoms with Crippen LogP contribution in [0.25, 0.3) is 0 Å². The molecule has 2 heterocycles. The van der Waals surface area contributed by atoms with Gasteiger partial charge < -0.3 is 10.1 Å². The summed E-state index contributed by atoms with van der Waals surface area (Å²) >= 11 is 0. The van der Waals surface area contributed by atoms with Gasteiger partial charge in [0.05, 0.1) is 22.9 Å². The van der Waals surface area contributed by atoms with Gasteiger partial charge in [0.2, 0.25) is 0 Å². The van der Waals surface area contributed by atoms with E-state index in [0.29, 0.717) is 12.0 Å². The van der Waals surface area contributed by atoms with E-state index < -0.39 is 0 Å². The molecule has 1 atom stereocenters. The molecule has 0 amide bonds. The fourth-order valence-corrected chi connectivity index (χ4v) is 3.29. The van der Waals surface area contributed by atoms with Crippen LogP contribution in [0.5, 0.6) is 0 Å². The highest BCUT2D eigenvalue weighted by molar-refractivity contribution is 5.16. The molecule has 0 spiro atoms. The van der Waals surface area contributed by atoms with E-state index in [1.807, 2.05) is 0 Å². The van der Waals surface area contributed by atoms with Crippen molar-refractivity contribution in [1.29, 1.82) is 0 Å². The minimum Gasteiger partial charge on any atom is -0.367 e. The highest BCUT2D eigenvalue weighted by atomic mass is 16.5. The summed E-state index contributed by atoms with van der Waals surface area (Å²) in [5, 5.41) is 8.25. The number of nitrogens with zero attached hydrogens (tertiary/aromatic N) is 2. The monoisotopic (exact) mass is 293 g/mol. The summed E-state index contributed by atoms with van der Waals surface area (Å²) in [5.41, 5.74) is 2.15. The molecule has 0 aliphatic carbocycles. The van der Waals surface area contributed by atoms with Crippen LogP contribution in [0.4, 0.5) is 0 Å². The van der Waals surface area contributed by atoms with Crippen molar-refractivity contribution in [1.82, 2.24) is 15.1 Å². The first-order chi connectivity index (χ1) is 9.61. The van der Waals surface area contributed by atoms with Crippen LogP contribution in [0.3, 0.4) is 0 Å². The zero-order valence-electron chi connectivity index (χ0n) is 14.7. The molecule has 1 aromatic rings. The second-order valence-corrected chi connectivity index (χ2v) is 7.93. The van der Waals surface area contributed by atoms with Crippen LogP contribution in [0.2, 0.25) is 0 Å². The lowest BCUT2D eigenvalue weighted by Gasteiger charge is -2.27. The van der Waals surface area contributed by atoms with Crippen molar-refractivity contribution in [2.24, 2.45) is 5.92 Å². The Bertz CT molecular complexity index is 488. The summed E-state index contributed by atoms with van der Waals surface area (Å²) in [6, 6.07) is 0.296. The molecule has 1 saturated heterocycles. The molecule has 0 radical (unpaired) electrons.